The largest absolute Gasteiger partial charge is 0.507 e. The van der Waals surface area contributed by atoms with Gasteiger partial charge in [0.05, 0.1) is 18.0 Å². The maximum Gasteiger partial charge on any atom is 0.303 e. The van der Waals surface area contributed by atoms with Crippen molar-refractivity contribution < 1.29 is 34.1 Å². The monoisotopic (exact) mass is 439 g/mol. The van der Waals surface area contributed by atoms with Crippen molar-refractivity contribution in [3.63, 3.8) is 0 Å². The fourth-order valence-electron chi connectivity index (χ4n) is 3.35. The molecule has 3 rings (SSSR count). The summed E-state index contributed by atoms with van der Waals surface area (Å²) in [5.74, 6) is -0.569. The van der Waals surface area contributed by atoms with Crippen LogP contribution >= 0.6 is 0 Å². The summed E-state index contributed by atoms with van der Waals surface area (Å²) in [5.41, 5.74) is 1.15. The molecular formula is C24H25NO7. The van der Waals surface area contributed by atoms with Crippen LogP contribution in [0.1, 0.15) is 43.0 Å². The maximum atomic E-state index is 11.9. The quantitative estimate of drug-likeness (QED) is 0.335. The van der Waals surface area contributed by atoms with Crippen LogP contribution in [0.3, 0.4) is 0 Å². The first-order valence-electron chi connectivity index (χ1n) is 10.2. The van der Waals surface area contributed by atoms with Gasteiger partial charge in [-0.3, -0.25) is 14.6 Å². The van der Waals surface area contributed by atoms with Crippen LogP contribution in [0.4, 0.5) is 0 Å². The Hall–Kier alpha value is -3.81. The number of methoxy groups -OCH3 is 1. The Balaban J connectivity index is 2.06. The van der Waals surface area contributed by atoms with E-state index < -0.39 is 5.97 Å². The Bertz CT molecular complexity index is 1230. The molecule has 1 heterocycles. The summed E-state index contributed by atoms with van der Waals surface area (Å²) in [6.07, 6.45) is 2.14. The van der Waals surface area contributed by atoms with Crippen molar-refractivity contribution in [1.82, 2.24) is 0 Å². The van der Waals surface area contributed by atoms with E-state index in [4.69, 9.17) is 14.3 Å². The summed E-state index contributed by atoms with van der Waals surface area (Å²) >= 11 is 0. The molecule has 0 aliphatic carbocycles. The molecule has 0 saturated heterocycles. The smallest absolute Gasteiger partial charge is 0.303 e. The van der Waals surface area contributed by atoms with Gasteiger partial charge in [-0.25, -0.2) is 0 Å². The summed E-state index contributed by atoms with van der Waals surface area (Å²) in [4.78, 5) is 27.2. The highest BCUT2D eigenvalue weighted by atomic mass is 16.5. The van der Waals surface area contributed by atoms with Crippen molar-refractivity contribution in [3.05, 3.63) is 47.3 Å². The lowest BCUT2D eigenvalue weighted by molar-refractivity contribution is -0.137. The van der Waals surface area contributed by atoms with Crippen molar-refractivity contribution in [2.75, 3.05) is 13.7 Å². The number of hydrogen-bond donors (Lipinski definition) is 3. The highest BCUT2D eigenvalue weighted by Crippen LogP contribution is 2.33. The van der Waals surface area contributed by atoms with Gasteiger partial charge in [0.1, 0.15) is 17.1 Å². The molecule has 1 aromatic heterocycles. The Morgan fingerprint density at radius 3 is 2.50 bits per heavy atom. The van der Waals surface area contributed by atoms with Crippen LogP contribution in [0.2, 0.25) is 0 Å². The molecule has 0 aliphatic rings. The minimum Gasteiger partial charge on any atom is -0.507 e. The minimum atomic E-state index is -0.817. The van der Waals surface area contributed by atoms with Crippen molar-refractivity contribution >= 4 is 22.7 Å². The van der Waals surface area contributed by atoms with Gasteiger partial charge in [-0.15, -0.1) is 0 Å². The van der Waals surface area contributed by atoms with E-state index in [1.54, 1.807) is 24.3 Å². The predicted octanol–water partition coefficient (Wildman–Crippen LogP) is 4.27. The first-order chi connectivity index (χ1) is 15.3. The second kappa shape index (κ2) is 10.00. The average Bonchev–Trinajstić information content (AvgIpc) is 2.75. The summed E-state index contributed by atoms with van der Waals surface area (Å²) in [7, 11) is 1.45. The molecule has 3 aromatic rings. The lowest BCUT2D eigenvalue weighted by atomic mass is 10.1. The summed E-state index contributed by atoms with van der Waals surface area (Å²) in [5, 5.41) is 30.0. The fraction of sp³-hybridized carbons (Fsp3) is 0.292. The van der Waals surface area contributed by atoms with Gasteiger partial charge >= 0.3 is 5.97 Å². The predicted molar refractivity (Wildman–Crippen MR) is 118 cm³/mol. The fourth-order valence-corrected chi connectivity index (χ4v) is 3.35. The Labute approximate surface area is 184 Å². The number of Topliss-reactive ketones (excluding diaryl/α,β-unsaturated/α-hetero) is 1. The first kappa shape index (κ1) is 22.9. The number of fused-ring (bicyclic) bond motifs is 1. The third kappa shape index (κ3) is 5.26. The van der Waals surface area contributed by atoms with Crippen LogP contribution in [-0.4, -0.2) is 40.7 Å². The number of rotatable bonds is 9. The Kier molecular flexibility index (Phi) is 7.14. The number of aromatic hydroxyl groups is 2. The van der Waals surface area contributed by atoms with Gasteiger partial charge in [-0.2, -0.15) is 0 Å². The maximum absolute atomic E-state index is 11.9. The van der Waals surface area contributed by atoms with Crippen molar-refractivity contribution in [2.45, 2.75) is 32.6 Å². The highest BCUT2D eigenvalue weighted by Gasteiger charge is 2.14. The van der Waals surface area contributed by atoms with Crippen LogP contribution < -0.4 is 10.1 Å². The van der Waals surface area contributed by atoms with Gasteiger partial charge in [-0.05, 0) is 44.0 Å². The number of unbranched alkanes of at least 4 members (excludes halogenated alkanes) is 2. The molecule has 0 radical (unpaired) electrons. The van der Waals surface area contributed by atoms with Crippen molar-refractivity contribution in [2.24, 2.45) is 4.99 Å². The normalized spacial score (nSPS) is 11.6. The molecule has 2 aromatic carbocycles. The van der Waals surface area contributed by atoms with Gasteiger partial charge in [0.2, 0.25) is 0 Å². The molecular weight excluding hydrogens is 414 g/mol. The number of carboxylic acids is 1. The lowest BCUT2D eigenvalue weighted by Crippen LogP contribution is -2.07. The number of carbonyl (C=O) groups excluding carboxylic acids is 1. The second-order valence-corrected chi connectivity index (χ2v) is 7.39. The summed E-state index contributed by atoms with van der Waals surface area (Å²) < 4.78 is 11.2. The van der Waals surface area contributed by atoms with E-state index in [1.807, 2.05) is 0 Å². The molecule has 0 bridgehead atoms. The van der Waals surface area contributed by atoms with Crippen molar-refractivity contribution in [1.29, 1.82) is 0 Å². The van der Waals surface area contributed by atoms with Crippen molar-refractivity contribution in [3.8, 4) is 28.6 Å². The van der Waals surface area contributed by atoms with E-state index in [0.717, 1.165) is 6.42 Å². The number of benzene rings is 2. The third-order valence-electron chi connectivity index (χ3n) is 5.04. The number of phenols is 2. The molecule has 0 unspecified atom stereocenters. The van der Waals surface area contributed by atoms with Gasteiger partial charge < -0.3 is 24.5 Å². The number of ether oxygens (including phenoxy) is 1. The molecule has 0 amide bonds. The number of aliphatic carboxylic acids is 1. The van der Waals surface area contributed by atoms with E-state index in [0.29, 0.717) is 47.0 Å². The molecule has 0 fully saturated rings. The number of nitrogens with zero attached hydrogens (tertiary/aromatic N) is 1. The molecule has 8 heteroatoms. The number of carbonyl (C=O) groups is 2. The molecule has 0 atom stereocenters. The number of carboxylic acid groups (broad SMARTS) is 1. The summed E-state index contributed by atoms with van der Waals surface area (Å²) in [6.45, 7) is 1.84. The SMILES string of the molecule is COc1cc(-c2cc(=NCCCCCC(=O)O)c3cc(C(C)=O)c(O)cc3o2)ccc1O. The minimum absolute atomic E-state index is 0.00736. The molecule has 168 valence electrons. The van der Waals surface area contributed by atoms with Crippen LogP contribution in [0.15, 0.2) is 45.8 Å². The Morgan fingerprint density at radius 2 is 1.81 bits per heavy atom. The van der Waals surface area contributed by atoms with Crippen LogP contribution in [0.5, 0.6) is 17.2 Å². The standard InChI is InChI=1S/C24H25NO7/c1-14(26)16-11-17-18(25-9-5-3-4-6-24(29)30)12-21(32-22(17)13-20(16)28)15-7-8-19(27)23(10-15)31-2/h7-8,10-13,27-28H,3-6,9H2,1-2H3,(H,29,30). The van der Waals surface area contributed by atoms with E-state index in [-0.39, 0.29) is 35.0 Å². The van der Waals surface area contributed by atoms with E-state index in [9.17, 15) is 19.8 Å². The number of hydrogen-bond acceptors (Lipinski definition) is 7. The summed E-state index contributed by atoms with van der Waals surface area (Å²) in [6, 6.07) is 9.46. The molecule has 32 heavy (non-hydrogen) atoms. The lowest BCUT2D eigenvalue weighted by Gasteiger charge is -2.09. The third-order valence-corrected chi connectivity index (χ3v) is 5.04. The molecule has 0 spiro atoms. The first-order valence-corrected chi connectivity index (χ1v) is 10.2. The zero-order chi connectivity index (χ0) is 23.3. The second-order valence-electron chi connectivity index (χ2n) is 7.39. The van der Waals surface area contributed by atoms with E-state index in [1.165, 1.54) is 26.2 Å². The van der Waals surface area contributed by atoms with Gasteiger partial charge in [0.25, 0.3) is 0 Å². The topological polar surface area (TPSA) is 130 Å². The highest BCUT2D eigenvalue weighted by molar-refractivity contribution is 6.00. The number of phenolic OH excluding ortho intramolecular Hbond substituents is 2. The molecule has 8 nitrogen and oxygen atoms in total. The average molecular weight is 439 g/mol. The molecule has 0 saturated carbocycles. The molecule has 0 aliphatic heterocycles. The zero-order valence-corrected chi connectivity index (χ0v) is 17.9. The van der Waals surface area contributed by atoms with Gasteiger partial charge in [0.15, 0.2) is 17.3 Å². The number of ketones is 1. The zero-order valence-electron chi connectivity index (χ0n) is 17.9. The van der Waals surface area contributed by atoms with Gasteiger partial charge in [-0.1, -0.05) is 6.42 Å². The van der Waals surface area contributed by atoms with E-state index in [2.05, 4.69) is 4.99 Å². The Morgan fingerprint density at radius 1 is 1.03 bits per heavy atom. The van der Waals surface area contributed by atoms with Crippen LogP contribution in [0.25, 0.3) is 22.3 Å². The van der Waals surface area contributed by atoms with E-state index >= 15 is 0 Å². The molecule has 3 N–H and O–H groups in total. The van der Waals surface area contributed by atoms with Gasteiger partial charge in [0, 0.05) is 36.0 Å². The van der Waals surface area contributed by atoms with Crippen LogP contribution in [0, 0.1) is 0 Å². The van der Waals surface area contributed by atoms with Crippen LogP contribution in [-0.2, 0) is 4.79 Å².